The lowest BCUT2D eigenvalue weighted by molar-refractivity contribution is 0.0951. The Bertz CT molecular complexity index is 1300. The lowest BCUT2D eigenvalue weighted by Crippen LogP contribution is -2.33. The number of piperidine rings is 1. The molecule has 6 rings (SSSR count). The van der Waals surface area contributed by atoms with E-state index in [2.05, 4.69) is 20.5 Å². The van der Waals surface area contributed by atoms with Crippen LogP contribution in [0.3, 0.4) is 0 Å². The van der Waals surface area contributed by atoms with E-state index in [0.29, 0.717) is 23.4 Å². The first-order valence-electron chi connectivity index (χ1n) is 13.1. The summed E-state index contributed by atoms with van der Waals surface area (Å²) in [6.07, 6.45) is 9.52. The zero-order valence-electron chi connectivity index (χ0n) is 20.6. The van der Waals surface area contributed by atoms with E-state index in [9.17, 15) is 9.18 Å². The number of nitrogens with one attached hydrogen (secondary N) is 2. The lowest BCUT2D eigenvalue weighted by Gasteiger charge is -2.26. The van der Waals surface area contributed by atoms with Crippen molar-refractivity contribution in [2.45, 2.75) is 38.5 Å². The predicted octanol–water partition coefficient (Wildman–Crippen LogP) is 5.33. The van der Waals surface area contributed by atoms with Crippen LogP contribution in [0.4, 0.5) is 4.39 Å². The van der Waals surface area contributed by atoms with Gasteiger partial charge in [0.2, 0.25) is 0 Å². The molecule has 2 fully saturated rings. The standard InChI is InChI=1S/C24H25FN4OS.C4H9N/c25-19-8-3-2-7-18(19)20-16-29-21-10-9-17(15-22(21)31-24(29)27-20)23(30)26-11-6-14-28-12-4-1-5-13-28;1-2-4-5-3-1/h2-3,7-10,15-16H,1,4-6,11-14H2,(H,26,30);5H,1-4H2. The summed E-state index contributed by atoms with van der Waals surface area (Å²) in [7, 11) is 0. The molecule has 8 heteroatoms. The van der Waals surface area contributed by atoms with Crippen LogP contribution in [0.2, 0.25) is 0 Å². The van der Waals surface area contributed by atoms with Crippen molar-refractivity contribution in [2.75, 3.05) is 39.3 Å². The highest BCUT2D eigenvalue weighted by atomic mass is 32.1. The van der Waals surface area contributed by atoms with Gasteiger partial charge in [0.15, 0.2) is 4.96 Å². The smallest absolute Gasteiger partial charge is 0.251 e. The van der Waals surface area contributed by atoms with Crippen LogP contribution in [-0.2, 0) is 0 Å². The van der Waals surface area contributed by atoms with Gasteiger partial charge in [0.05, 0.1) is 15.9 Å². The van der Waals surface area contributed by atoms with Gasteiger partial charge in [0.25, 0.3) is 5.91 Å². The molecule has 2 saturated heterocycles. The third-order valence-electron chi connectivity index (χ3n) is 6.85. The Kier molecular flexibility index (Phi) is 8.25. The van der Waals surface area contributed by atoms with Gasteiger partial charge in [-0.1, -0.05) is 29.9 Å². The number of carbonyl (C=O) groups is 1. The second-order valence-electron chi connectivity index (χ2n) is 9.51. The third-order valence-corrected chi connectivity index (χ3v) is 7.87. The molecule has 0 unspecified atom stereocenters. The van der Waals surface area contributed by atoms with Gasteiger partial charge >= 0.3 is 0 Å². The van der Waals surface area contributed by atoms with Gasteiger partial charge in [-0.25, -0.2) is 9.37 Å². The molecule has 0 spiro atoms. The fourth-order valence-corrected chi connectivity index (χ4v) is 5.90. The summed E-state index contributed by atoms with van der Waals surface area (Å²) in [6.45, 7) is 6.60. The number of halogens is 1. The summed E-state index contributed by atoms with van der Waals surface area (Å²) in [4.78, 5) is 20.5. The molecular formula is C28H34FN5OS. The van der Waals surface area contributed by atoms with Gasteiger partial charge in [-0.15, -0.1) is 0 Å². The van der Waals surface area contributed by atoms with Crippen molar-refractivity contribution in [1.29, 1.82) is 0 Å². The molecule has 2 N–H and O–H groups in total. The Morgan fingerprint density at radius 3 is 2.61 bits per heavy atom. The van der Waals surface area contributed by atoms with E-state index in [1.165, 1.54) is 75.7 Å². The van der Waals surface area contributed by atoms with E-state index in [4.69, 9.17) is 0 Å². The Hall–Kier alpha value is -2.81. The van der Waals surface area contributed by atoms with Crippen molar-refractivity contribution in [2.24, 2.45) is 0 Å². The summed E-state index contributed by atoms with van der Waals surface area (Å²) in [5.41, 5.74) is 2.73. The molecule has 0 radical (unpaired) electrons. The minimum atomic E-state index is -0.281. The number of aromatic nitrogens is 2. The fraction of sp³-hybridized carbons (Fsp3) is 0.429. The Morgan fingerprint density at radius 1 is 1.06 bits per heavy atom. The third kappa shape index (κ3) is 5.94. The van der Waals surface area contributed by atoms with Gasteiger partial charge in [-0.05, 0) is 95.2 Å². The molecule has 2 aromatic carbocycles. The average molecular weight is 508 g/mol. The molecule has 4 aromatic rings. The van der Waals surface area contributed by atoms with Crippen LogP contribution >= 0.6 is 11.3 Å². The minimum Gasteiger partial charge on any atom is -0.352 e. The summed E-state index contributed by atoms with van der Waals surface area (Å²) in [5.74, 6) is -0.324. The quantitative estimate of drug-likeness (QED) is 0.346. The lowest BCUT2D eigenvalue weighted by atomic mass is 10.1. The van der Waals surface area contributed by atoms with E-state index in [1.54, 1.807) is 18.2 Å². The molecule has 190 valence electrons. The van der Waals surface area contributed by atoms with Crippen molar-refractivity contribution in [3.05, 3.63) is 60.0 Å². The molecule has 4 heterocycles. The van der Waals surface area contributed by atoms with Gasteiger partial charge in [-0.3, -0.25) is 9.20 Å². The van der Waals surface area contributed by atoms with Gasteiger partial charge in [-0.2, -0.15) is 0 Å². The van der Waals surface area contributed by atoms with E-state index in [1.807, 2.05) is 28.8 Å². The Balaban J connectivity index is 0.000000477. The largest absolute Gasteiger partial charge is 0.352 e. The predicted molar refractivity (Wildman–Crippen MR) is 145 cm³/mol. The second kappa shape index (κ2) is 12.0. The first-order chi connectivity index (χ1) is 17.7. The van der Waals surface area contributed by atoms with Crippen molar-refractivity contribution in [1.82, 2.24) is 24.9 Å². The highest BCUT2D eigenvalue weighted by Gasteiger charge is 2.15. The van der Waals surface area contributed by atoms with Gasteiger partial charge in [0.1, 0.15) is 5.82 Å². The van der Waals surface area contributed by atoms with E-state index >= 15 is 0 Å². The van der Waals surface area contributed by atoms with Crippen LogP contribution in [0.5, 0.6) is 0 Å². The minimum absolute atomic E-state index is 0.0429. The number of hydrogen-bond acceptors (Lipinski definition) is 5. The Labute approximate surface area is 215 Å². The van der Waals surface area contributed by atoms with Crippen LogP contribution in [0, 0.1) is 5.82 Å². The number of amides is 1. The Morgan fingerprint density at radius 2 is 1.86 bits per heavy atom. The van der Waals surface area contributed by atoms with E-state index in [0.717, 1.165) is 28.1 Å². The molecule has 2 aliphatic rings. The fourth-order valence-electron chi connectivity index (χ4n) is 4.86. The van der Waals surface area contributed by atoms with Gasteiger partial charge < -0.3 is 15.5 Å². The summed E-state index contributed by atoms with van der Waals surface area (Å²) in [6, 6.07) is 12.4. The second-order valence-corrected chi connectivity index (χ2v) is 10.5. The molecule has 36 heavy (non-hydrogen) atoms. The van der Waals surface area contributed by atoms with Crippen molar-refractivity contribution in [3.63, 3.8) is 0 Å². The number of hydrogen-bond donors (Lipinski definition) is 2. The number of nitrogens with zero attached hydrogens (tertiary/aromatic N) is 3. The molecule has 2 aliphatic heterocycles. The van der Waals surface area contributed by atoms with Crippen LogP contribution in [-0.4, -0.2) is 59.5 Å². The van der Waals surface area contributed by atoms with Crippen LogP contribution < -0.4 is 10.6 Å². The molecule has 0 bridgehead atoms. The number of benzene rings is 2. The summed E-state index contributed by atoms with van der Waals surface area (Å²) >= 11 is 1.50. The molecular weight excluding hydrogens is 473 g/mol. The van der Waals surface area contributed by atoms with Gasteiger partial charge in [0, 0.05) is 23.9 Å². The monoisotopic (exact) mass is 507 g/mol. The SMILES string of the molecule is C1CCNC1.O=C(NCCCN1CCCCC1)c1ccc2c(c1)sc1nc(-c3ccccc3F)cn12. The first-order valence-corrected chi connectivity index (χ1v) is 13.9. The van der Waals surface area contributed by atoms with Crippen molar-refractivity contribution < 1.29 is 9.18 Å². The molecule has 6 nitrogen and oxygen atoms in total. The normalized spacial score (nSPS) is 16.2. The maximum atomic E-state index is 14.1. The molecule has 0 saturated carbocycles. The maximum Gasteiger partial charge on any atom is 0.251 e. The highest BCUT2D eigenvalue weighted by Crippen LogP contribution is 2.31. The molecule has 1 amide bonds. The maximum absolute atomic E-state index is 14.1. The number of likely N-dealkylation sites (tertiary alicyclic amines) is 1. The molecule has 0 aliphatic carbocycles. The highest BCUT2D eigenvalue weighted by molar-refractivity contribution is 7.23. The molecule has 0 atom stereocenters. The average Bonchev–Trinajstić information content (AvgIpc) is 3.66. The van der Waals surface area contributed by atoms with Crippen molar-refractivity contribution in [3.8, 4) is 11.3 Å². The molecule has 2 aromatic heterocycles. The van der Waals surface area contributed by atoms with Crippen LogP contribution in [0.25, 0.3) is 26.4 Å². The van der Waals surface area contributed by atoms with Crippen LogP contribution in [0.15, 0.2) is 48.7 Å². The van der Waals surface area contributed by atoms with E-state index < -0.39 is 0 Å². The number of thiazole rings is 1. The summed E-state index contributed by atoms with van der Waals surface area (Å²) < 4.78 is 17.1. The van der Waals surface area contributed by atoms with E-state index in [-0.39, 0.29) is 11.7 Å². The zero-order valence-corrected chi connectivity index (χ0v) is 21.5. The first kappa shape index (κ1) is 24.9. The van der Waals surface area contributed by atoms with Crippen molar-refractivity contribution >= 4 is 32.4 Å². The van der Waals surface area contributed by atoms with Crippen LogP contribution in [0.1, 0.15) is 48.9 Å². The number of carbonyl (C=O) groups excluding carboxylic acids is 1. The summed E-state index contributed by atoms with van der Waals surface area (Å²) in [5, 5.41) is 6.26. The topological polar surface area (TPSA) is 61.7 Å². The number of rotatable bonds is 6. The number of fused-ring (bicyclic) bond motifs is 3. The number of imidazole rings is 1. The zero-order chi connectivity index (χ0) is 24.7.